The third kappa shape index (κ3) is 1.47. The number of rotatable bonds is 2. The average Bonchev–Trinajstić information content (AvgIpc) is 2.71. The van der Waals surface area contributed by atoms with E-state index in [1.54, 1.807) is 20.3 Å². The molecule has 1 saturated heterocycles. The van der Waals surface area contributed by atoms with Crippen molar-refractivity contribution in [1.82, 2.24) is 10.2 Å². The summed E-state index contributed by atoms with van der Waals surface area (Å²) in [6, 6.07) is 3.83. The molecule has 0 saturated carbocycles. The lowest BCUT2D eigenvalue weighted by molar-refractivity contribution is 0.0690. The molecule has 0 aliphatic carbocycles. The molecular weight excluding hydrogens is 232 g/mol. The number of fused-ring (bicyclic) bond motifs is 3. The Morgan fingerprint density at radius 3 is 2.72 bits per heavy atom. The van der Waals surface area contributed by atoms with Crippen LogP contribution in [0.4, 0.5) is 0 Å². The fourth-order valence-electron chi connectivity index (χ4n) is 2.74. The molecule has 2 heterocycles. The minimum absolute atomic E-state index is 0.0949. The van der Waals surface area contributed by atoms with E-state index in [1.165, 1.54) is 0 Å². The van der Waals surface area contributed by atoms with Crippen LogP contribution in [-0.4, -0.2) is 44.7 Å². The van der Waals surface area contributed by atoms with E-state index in [9.17, 15) is 4.79 Å². The second-order valence-electron chi connectivity index (χ2n) is 4.51. The molecule has 96 valence electrons. The Hall–Kier alpha value is -1.75. The van der Waals surface area contributed by atoms with Crippen LogP contribution in [-0.2, 0) is 0 Å². The van der Waals surface area contributed by atoms with Crippen LogP contribution in [0.5, 0.6) is 11.5 Å². The summed E-state index contributed by atoms with van der Waals surface area (Å²) in [5, 5.41) is 3.32. The first-order chi connectivity index (χ1) is 8.76. The molecule has 2 aliphatic rings. The van der Waals surface area contributed by atoms with Gasteiger partial charge < -0.3 is 19.7 Å². The minimum Gasteiger partial charge on any atom is -0.493 e. The number of nitrogens with zero attached hydrogens (tertiary/aromatic N) is 1. The molecule has 1 unspecified atom stereocenters. The number of benzene rings is 1. The molecule has 1 aromatic rings. The largest absolute Gasteiger partial charge is 0.493 e. The standard InChI is InChI=1S/C13H16N2O3/c1-17-11-5-8-9(6-12(11)18-2)13(16)15-4-3-14-7-10(8)15/h5-6,10,14H,3-4,7H2,1-2H3. The van der Waals surface area contributed by atoms with Gasteiger partial charge in [0, 0.05) is 25.2 Å². The molecule has 3 rings (SSSR count). The van der Waals surface area contributed by atoms with E-state index >= 15 is 0 Å². The van der Waals surface area contributed by atoms with Crippen molar-refractivity contribution in [2.24, 2.45) is 0 Å². The Morgan fingerprint density at radius 2 is 2.00 bits per heavy atom. The maximum atomic E-state index is 12.3. The number of methoxy groups -OCH3 is 2. The van der Waals surface area contributed by atoms with Crippen molar-refractivity contribution in [3.63, 3.8) is 0 Å². The Bertz CT molecular complexity index is 501. The normalized spacial score (nSPS) is 21.6. The van der Waals surface area contributed by atoms with Gasteiger partial charge in [-0.1, -0.05) is 0 Å². The van der Waals surface area contributed by atoms with Gasteiger partial charge in [0.2, 0.25) is 0 Å². The van der Waals surface area contributed by atoms with E-state index in [0.717, 1.165) is 30.8 Å². The summed E-state index contributed by atoms with van der Waals surface area (Å²) in [6.07, 6.45) is 0. The fourth-order valence-corrected chi connectivity index (χ4v) is 2.74. The Kier molecular flexibility index (Phi) is 2.63. The second kappa shape index (κ2) is 4.17. The molecular formula is C13H16N2O3. The van der Waals surface area contributed by atoms with Crippen molar-refractivity contribution in [3.05, 3.63) is 23.3 Å². The van der Waals surface area contributed by atoms with Gasteiger partial charge in [-0.3, -0.25) is 4.79 Å². The van der Waals surface area contributed by atoms with Gasteiger partial charge in [-0.2, -0.15) is 0 Å². The molecule has 0 bridgehead atoms. The number of piperazine rings is 1. The van der Waals surface area contributed by atoms with Gasteiger partial charge in [-0.05, 0) is 17.7 Å². The van der Waals surface area contributed by atoms with Crippen molar-refractivity contribution in [3.8, 4) is 11.5 Å². The maximum absolute atomic E-state index is 12.3. The van der Waals surface area contributed by atoms with Crippen molar-refractivity contribution >= 4 is 5.91 Å². The van der Waals surface area contributed by atoms with Crippen LogP contribution >= 0.6 is 0 Å². The van der Waals surface area contributed by atoms with E-state index in [0.29, 0.717) is 11.5 Å². The monoisotopic (exact) mass is 248 g/mol. The van der Waals surface area contributed by atoms with Crippen LogP contribution in [0.3, 0.4) is 0 Å². The predicted molar refractivity (Wildman–Crippen MR) is 66.2 cm³/mol. The topological polar surface area (TPSA) is 50.8 Å². The molecule has 2 aliphatic heterocycles. The highest BCUT2D eigenvalue weighted by molar-refractivity contribution is 6.00. The SMILES string of the molecule is COc1cc2c(cc1OC)C1CNCCN1C2=O. The van der Waals surface area contributed by atoms with Gasteiger partial charge in [-0.15, -0.1) is 0 Å². The van der Waals surface area contributed by atoms with Gasteiger partial charge in [-0.25, -0.2) is 0 Å². The minimum atomic E-state index is 0.0949. The molecule has 1 aromatic carbocycles. The first-order valence-corrected chi connectivity index (χ1v) is 6.04. The predicted octanol–water partition coefficient (Wildman–Crippen LogP) is 0.804. The zero-order valence-electron chi connectivity index (χ0n) is 10.5. The van der Waals surface area contributed by atoms with E-state index in [4.69, 9.17) is 9.47 Å². The first-order valence-electron chi connectivity index (χ1n) is 6.04. The van der Waals surface area contributed by atoms with Crippen LogP contribution in [0, 0.1) is 0 Å². The van der Waals surface area contributed by atoms with E-state index in [-0.39, 0.29) is 11.9 Å². The van der Waals surface area contributed by atoms with Gasteiger partial charge in [0.1, 0.15) is 0 Å². The highest BCUT2D eigenvalue weighted by Crippen LogP contribution is 2.40. The van der Waals surface area contributed by atoms with Crippen LogP contribution in [0.25, 0.3) is 0 Å². The summed E-state index contributed by atoms with van der Waals surface area (Å²) in [4.78, 5) is 14.2. The first kappa shape index (κ1) is 11.3. The lowest BCUT2D eigenvalue weighted by Crippen LogP contribution is -2.44. The smallest absolute Gasteiger partial charge is 0.254 e. The Balaban J connectivity index is 2.11. The van der Waals surface area contributed by atoms with Crippen molar-refractivity contribution < 1.29 is 14.3 Å². The Labute approximate surface area is 106 Å². The van der Waals surface area contributed by atoms with E-state index < -0.39 is 0 Å². The number of amides is 1. The van der Waals surface area contributed by atoms with Crippen LogP contribution in [0.15, 0.2) is 12.1 Å². The molecule has 0 aromatic heterocycles. The number of carbonyl (C=O) groups excluding carboxylic acids is 1. The lowest BCUT2D eigenvalue weighted by Gasteiger charge is -2.30. The summed E-state index contributed by atoms with van der Waals surface area (Å²) in [5.74, 6) is 1.38. The number of hydrogen-bond acceptors (Lipinski definition) is 4. The van der Waals surface area contributed by atoms with Crippen molar-refractivity contribution in [2.45, 2.75) is 6.04 Å². The number of ether oxygens (including phenoxy) is 2. The molecule has 18 heavy (non-hydrogen) atoms. The molecule has 1 amide bonds. The van der Waals surface area contributed by atoms with Gasteiger partial charge >= 0.3 is 0 Å². The highest BCUT2D eigenvalue weighted by atomic mass is 16.5. The molecule has 1 atom stereocenters. The lowest BCUT2D eigenvalue weighted by atomic mass is 10.0. The number of nitrogens with one attached hydrogen (secondary N) is 1. The van der Waals surface area contributed by atoms with Crippen molar-refractivity contribution in [2.75, 3.05) is 33.9 Å². The summed E-state index contributed by atoms with van der Waals surface area (Å²) in [5.41, 5.74) is 1.77. The molecule has 5 heteroatoms. The molecule has 0 radical (unpaired) electrons. The zero-order chi connectivity index (χ0) is 12.7. The van der Waals surface area contributed by atoms with E-state index in [1.807, 2.05) is 11.0 Å². The van der Waals surface area contributed by atoms with Crippen molar-refractivity contribution in [1.29, 1.82) is 0 Å². The quantitative estimate of drug-likeness (QED) is 0.841. The van der Waals surface area contributed by atoms with Gasteiger partial charge in [0.15, 0.2) is 11.5 Å². The molecule has 0 spiro atoms. The maximum Gasteiger partial charge on any atom is 0.254 e. The third-order valence-corrected chi connectivity index (χ3v) is 3.65. The average molecular weight is 248 g/mol. The summed E-state index contributed by atoms with van der Waals surface area (Å²) in [6.45, 7) is 2.40. The summed E-state index contributed by atoms with van der Waals surface area (Å²) < 4.78 is 10.6. The number of hydrogen-bond donors (Lipinski definition) is 1. The zero-order valence-corrected chi connectivity index (χ0v) is 10.5. The van der Waals surface area contributed by atoms with Crippen LogP contribution in [0.2, 0.25) is 0 Å². The van der Waals surface area contributed by atoms with Gasteiger partial charge in [0.25, 0.3) is 5.91 Å². The summed E-state index contributed by atoms with van der Waals surface area (Å²) in [7, 11) is 3.19. The number of carbonyl (C=O) groups is 1. The van der Waals surface area contributed by atoms with E-state index in [2.05, 4.69) is 5.32 Å². The fraction of sp³-hybridized carbons (Fsp3) is 0.462. The third-order valence-electron chi connectivity index (χ3n) is 3.65. The Morgan fingerprint density at radius 1 is 1.28 bits per heavy atom. The summed E-state index contributed by atoms with van der Waals surface area (Å²) >= 11 is 0. The molecule has 1 fully saturated rings. The van der Waals surface area contributed by atoms with Crippen LogP contribution in [0.1, 0.15) is 22.0 Å². The van der Waals surface area contributed by atoms with Crippen LogP contribution < -0.4 is 14.8 Å². The molecule has 5 nitrogen and oxygen atoms in total. The highest BCUT2D eigenvalue weighted by Gasteiger charge is 2.39. The molecule has 1 N–H and O–H groups in total. The van der Waals surface area contributed by atoms with Gasteiger partial charge in [0.05, 0.1) is 20.3 Å². The second-order valence-corrected chi connectivity index (χ2v) is 4.51.